The van der Waals surface area contributed by atoms with E-state index in [1.54, 1.807) is 24.3 Å². The summed E-state index contributed by atoms with van der Waals surface area (Å²) in [6.45, 7) is 4.84. The molecular formula is C23H27N3O5S2. The molecule has 1 atom stereocenters. The van der Waals surface area contributed by atoms with Gasteiger partial charge >= 0.3 is 0 Å². The van der Waals surface area contributed by atoms with Crippen LogP contribution in [0.5, 0.6) is 0 Å². The number of aryl methyl sites for hydroxylation is 1. The zero-order chi connectivity index (χ0) is 23.6. The van der Waals surface area contributed by atoms with Crippen molar-refractivity contribution in [2.45, 2.75) is 23.6 Å². The standard InChI is InChI=1S/C23H27N3O5S2/c1-16-3-5-18(6-4-16)24-22(27)14-26-20-13-19(33(29,30)25-9-11-31-12-10-25)7-8-21(20)32-15-17(2)23(26)28/h3-8,13,17H,9-12,14-15H2,1-2H3,(H,24,27). The molecule has 33 heavy (non-hydrogen) atoms. The van der Waals surface area contributed by atoms with Gasteiger partial charge in [0.1, 0.15) is 6.54 Å². The number of fused-ring (bicyclic) bond motifs is 1. The number of morpholine rings is 1. The molecule has 0 spiro atoms. The van der Waals surface area contributed by atoms with Gasteiger partial charge in [-0.25, -0.2) is 8.42 Å². The van der Waals surface area contributed by atoms with Gasteiger partial charge in [-0.1, -0.05) is 24.6 Å². The maximum atomic E-state index is 13.2. The summed E-state index contributed by atoms with van der Waals surface area (Å²) in [5.41, 5.74) is 2.16. The van der Waals surface area contributed by atoms with Crippen molar-refractivity contribution in [3.05, 3.63) is 48.0 Å². The highest BCUT2D eigenvalue weighted by Crippen LogP contribution is 2.38. The molecule has 1 fully saturated rings. The van der Waals surface area contributed by atoms with E-state index >= 15 is 0 Å². The van der Waals surface area contributed by atoms with Crippen LogP contribution in [-0.2, 0) is 24.3 Å². The van der Waals surface area contributed by atoms with E-state index in [0.29, 0.717) is 30.3 Å². The van der Waals surface area contributed by atoms with E-state index in [4.69, 9.17) is 4.74 Å². The zero-order valence-electron chi connectivity index (χ0n) is 18.6. The largest absolute Gasteiger partial charge is 0.379 e. The van der Waals surface area contributed by atoms with Gasteiger partial charge in [-0.05, 0) is 37.3 Å². The number of rotatable bonds is 5. The number of ether oxygens (including phenoxy) is 1. The number of hydrogen-bond donors (Lipinski definition) is 1. The second kappa shape index (κ2) is 9.84. The molecule has 10 heteroatoms. The minimum atomic E-state index is -3.74. The first-order chi connectivity index (χ1) is 15.8. The second-order valence-electron chi connectivity index (χ2n) is 8.20. The number of amides is 2. The van der Waals surface area contributed by atoms with Crippen molar-refractivity contribution in [1.29, 1.82) is 0 Å². The van der Waals surface area contributed by atoms with E-state index in [1.165, 1.54) is 27.0 Å². The molecule has 0 aromatic heterocycles. The van der Waals surface area contributed by atoms with Crippen LogP contribution in [0, 0.1) is 12.8 Å². The van der Waals surface area contributed by atoms with E-state index in [2.05, 4.69) is 5.32 Å². The van der Waals surface area contributed by atoms with Crippen LogP contribution in [0.2, 0.25) is 0 Å². The average Bonchev–Trinajstić information content (AvgIpc) is 2.93. The van der Waals surface area contributed by atoms with E-state index in [1.807, 2.05) is 26.0 Å². The van der Waals surface area contributed by atoms with Gasteiger partial charge in [0, 0.05) is 35.3 Å². The molecule has 2 aliphatic heterocycles. The number of hydrogen-bond acceptors (Lipinski definition) is 6. The highest BCUT2D eigenvalue weighted by atomic mass is 32.2. The molecule has 0 saturated carbocycles. The van der Waals surface area contributed by atoms with Crippen LogP contribution in [0.3, 0.4) is 0 Å². The Kier molecular flexibility index (Phi) is 7.08. The van der Waals surface area contributed by atoms with E-state index in [-0.39, 0.29) is 42.3 Å². The average molecular weight is 490 g/mol. The summed E-state index contributed by atoms with van der Waals surface area (Å²) in [5.74, 6) is -0.314. The molecule has 1 unspecified atom stereocenters. The zero-order valence-corrected chi connectivity index (χ0v) is 20.2. The van der Waals surface area contributed by atoms with Crippen LogP contribution < -0.4 is 10.2 Å². The molecule has 2 aromatic carbocycles. The number of nitrogens with zero attached hydrogens (tertiary/aromatic N) is 2. The first kappa shape index (κ1) is 23.7. The van der Waals surface area contributed by atoms with Gasteiger partial charge in [-0.3, -0.25) is 9.59 Å². The van der Waals surface area contributed by atoms with Crippen LogP contribution in [-0.4, -0.2) is 63.1 Å². The monoisotopic (exact) mass is 489 g/mol. The van der Waals surface area contributed by atoms with E-state index in [0.717, 1.165) is 10.5 Å². The lowest BCUT2D eigenvalue weighted by Crippen LogP contribution is -2.42. The lowest BCUT2D eigenvalue weighted by atomic mass is 10.1. The van der Waals surface area contributed by atoms with Crippen molar-refractivity contribution >= 4 is 45.0 Å². The number of thioether (sulfide) groups is 1. The summed E-state index contributed by atoms with van der Waals surface area (Å²) in [5, 5.41) is 2.82. The number of nitrogens with one attached hydrogen (secondary N) is 1. The maximum Gasteiger partial charge on any atom is 0.244 e. The van der Waals surface area contributed by atoms with Crippen LogP contribution in [0.25, 0.3) is 0 Å². The Labute approximate surface area is 198 Å². The fourth-order valence-corrected chi connectivity index (χ4v) is 6.22. The minimum Gasteiger partial charge on any atom is -0.379 e. The van der Waals surface area contributed by atoms with Gasteiger partial charge in [0.25, 0.3) is 0 Å². The summed E-state index contributed by atoms with van der Waals surface area (Å²) >= 11 is 1.49. The van der Waals surface area contributed by atoms with Crippen LogP contribution >= 0.6 is 11.8 Å². The van der Waals surface area contributed by atoms with E-state index < -0.39 is 10.0 Å². The number of carbonyl (C=O) groups excluding carboxylic acids is 2. The summed E-state index contributed by atoms with van der Waals surface area (Å²) in [6.07, 6.45) is 0. The lowest BCUT2D eigenvalue weighted by molar-refractivity contribution is -0.123. The maximum absolute atomic E-state index is 13.2. The molecule has 0 bridgehead atoms. The molecule has 1 saturated heterocycles. The molecule has 8 nitrogen and oxygen atoms in total. The minimum absolute atomic E-state index is 0.107. The van der Waals surface area contributed by atoms with Gasteiger partial charge in [0.2, 0.25) is 21.8 Å². The smallest absolute Gasteiger partial charge is 0.244 e. The number of sulfonamides is 1. The summed E-state index contributed by atoms with van der Waals surface area (Å²) in [6, 6.07) is 12.2. The van der Waals surface area contributed by atoms with Crippen LogP contribution in [0.15, 0.2) is 52.3 Å². The molecule has 0 radical (unpaired) electrons. The van der Waals surface area contributed by atoms with Crippen molar-refractivity contribution in [1.82, 2.24) is 4.31 Å². The Bertz CT molecular complexity index is 1150. The highest BCUT2D eigenvalue weighted by Gasteiger charge is 2.32. The van der Waals surface area contributed by atoms with Gasteiger partial charge in [0.05, 0.1) is 23.8 Å². The third-order valence-corrected chi connectivity index (χ3v) is 8.86. The summed E-state index contributed by atoms with van der Waals surface area (Å²) in [4.78, 5) is 28.3. The second-order valence-corrected chi connectivity index (χ2v) is 11.2. The fraction of sp³-hybridized carbons (Fsp3) is 0.391. The predicted octanol–water partition coefficient (Wildman–Crippen LogP) is 2.73. The Hall–Kier alpha value is -2.40. The lowest BCUT2D eigenvalue weighted by Gasteiger charge is -2.27. The van der Waals surface area contributed by atoms with Crippen LogP contribution in [0.4, 0.5) is 11.4 Å². The molecule has 4 rings (SSSR count). The predicted molar refractivity (Wildman–Crippen MR) is 128 cm³/mol. The first-order valence-corrected chi connectivity index (χ1v) is 13.2. The molecule has 0 aliphatic carbocycles. The number of anilines is 2. The topological polar surface area (TPSA) is 96.0 Å². The van der Waals surface area contributed by atoms with Gasteiger partial charge in [-0.15, -0.1) is 11.8 Å². The quantitative estimate of drug-likeness (QED) is 0.694. The summed E-state index contributed by atoms with van der Waals surface area (Å²) in [7, 11) is -3.74. The van der Waals surface area contributed by atoms with Gasteiger partial charge in [-0.2, -0.15) is 4.31 Å². The normalized spacial score (nSPS) is 19.6. The molecule has 176 valence electrons. The molecule has 2 amide bonds. The van der Waals surface area contributed by atoms with Crippen molar-refractivity contribution < 1.29 is 22.7 Å². The Morgan fingerprint density at radius 3 is 2.55 bits per heavy atom. The van der Waals surface area contributed by atoms with Gasteiger partial charge in [0.15, 0.2) is 0 Å². The SMILES string of the molecule is Cc1ccc(NC(=O)CN2C(=O)C(C)CSc3ccc(S(=O)(=O)N4CCOCC4)cc32)cc1. The van der Waals surface area contributed by atoms with Crippen molar-refractivity contribution in [3.8, 4) is 0 Å². The third kappa shape index (κ3) is 5.24. The molecule has 1 N–H and O–H groups in total. The van der Waals surface area contributed by atoms with Crippen molar-refractivity contribution in [3.63, 3.8) is 0 Å². The van der Waals surface area contributed by atoms with Gasteiger partial charge < -0.3 is 15.0 Å². The molecular weight excluding hydrogens is 462 g/mol. The number of carbonyl (C=O) groups is 2. The Morgan fingerprint density at radius 1 is 1.15 bits per heavy atom. The van der Waals surface area contributed by atoms with Crippen molar-refractivity contribution in [2.24, 2.45) is 5.92 Å². The van der Waals surface area contributed by atoms with Crippen LogP contribution in [0.1, 0.15) is 12.5 Å². The third-order valence-electron chi connectivity index (χ3n) is 5.64. The first-order valence-electron chi connectivity index (χ1n) is 10.8. The Balaban J connectivity index is 1.64. The molecule has 2 aliphatic rings. The summed E-state index contributed by atoms with van der Waals surface area (Å²) < 4.78 is 33.0. The van der Waals surface area contributed by atoms with E-state index in [9.17, 15) is 18.0 Å². The number of benzene rings is 2. The fourth-order valence-electron chi connectivity index (χ4n) is 3.74. The Morgan fingerprint density at radius 2 is 1.85 bits per heavy atom. The molecule has 2 heterocycles. The highest BCUT2D eigenvalue weighted by molar-refractivity contribution is 7.99. The van der Waals surface area contributed by atoms with Crippen molar-refractivity contribution in [2.75, 3.05) is 48.8 Å². The molecule has 2 aromatic rings.